The smallest absolute Gasteiger partial charge is 0.142 e. The third kappa shape index (κ3) is 4.25. The van der Waals surface area contributed by atoms with E-state index in [1.165, 1.54) is 12.0 Å². The fourth-order valence-electron chi connectivity index (χ4n) is 2.47. The zero-order chi connectivity index (χ0) is 13.0. The Morgan fingerprint density at radius 3 is 2.89 bits per heavy atom. The number of hydrogen-bond acceptors (Lipinski definition) is 3. The molecule has 1 aliphatic heterocycles. The van der Waals surface area contributed by atoms with Crippen LogP contribution in [0, 0.1) is 5.92 Å². The molecule has 19 heavy (non-hydrogen) atoms. The number of benzene rings is 1. The summed E-state index contributed by atoms with van der Waals surface area (Å²) in [6, 6.07) is 5.95. The molecule has 1 fully saturated rings. The number of likely N-dealkylation sites (tertiary alicyclic amines) is 1. The summed E-state index contributed by atoms with van der Waals surface area (Å²) in [6.45, 7) is 6.49. The molecule has 5 heteroatoms. The Morgan fingerprint density at radius 1 is 1.47 bits per heavy atom. The molecule has 2 N–H and O–H groups in total. The lowest BCUT2D eigenvalue weighted by Gasteiger charge is -2.18. The van der Waals surface area contributed by atoms with E-state index in [1.807, 2.05) is 19.1 Å². The molecule has 1 unspecified atom stereocenters. The zero-order valence-electron chi connectivity index (χ0n) is 11.3. The molecule has 1 aromatic carbocycles. The van der Waals surface area contributed by atoms with Crippen molar-refractivity contribution in [3.63, 3.8) is 0 Å². The first-order valence-electron chi connectivity index (χ1n) is 6.57. The Bertz CT molecular complexity index is 401. The summed E-state index contributed by atoms with van der Waals surface area (Å²) in [5.41, 5.74) is 6.89. The van der Waals surface area contributed by atoms with Crippen molar-refractivity contribution in [2.45, 2.75) is 19.9 Å². The van der Waals surface area contributed by atoms with Crippen LogP contribution in [0.5, 0.6) is 5.75 Å². The Balaban J connectivity index is 0.00000180. The molecule has 3 nitrogen and oxygen atoms in total. The molecule has 0 radical (unpaired) electrons. The van der Waals surface area contributed by atoms with Gasteiger partial charge in [-0.2, -0.15) is 0 Å². The van der Waals surface area contributed by atoms with Crippen LogP contribution in [0.2, 0.25) is 5.02 Å². The summed E-state index contributed by atoms with van der Waals surface area (Å²) >= 11 is 6.19. The van der Waals surface area contributed by atoms with Gasteiger partial charge in [-0.05, 0) is 38.4 Å². The predicted octanol–water partition coefficient (Wildman–Crippen LogP) is 2.94. The lowest BCUT2D eigenvalue weighted by Crippen LogP contribution is -2.23. The number of rotatable bonds is 5. The van der Waals surface area contributed by atoms with E-state index in [0.29, 0.717) is 17.5 Å². The normalized spacial score (nSPS) is 19.2. The fraction of sp³-hybridized carbons (Fsp3) is 0.571. The van der Waals surface area contributed by atoms with E-state index in [0.717, 1.165) is 31.9 Å². The van der Waals surface area contributed by atoms with Crippen LogP contribution in [0.3, 0.4) is 0 Å². The van der Waals surface area contributed by atoms with E-state index >= 15 is 0 Å². The lowest BCUT2D eigenvalue weighted by molar-refractivity contribution is 0.297. The monoisotopic (exact) mass is 304 g/mol. The molecule has 0 aromatic heterocycles. The second-order valence-corrected chi connectivity index (χ2v) is 5.19. The van der Waals surface area contributed by atoms with E-state index in [2.05, 4.69) is 11.0 Å². The minimum absolute atomic E-state index is 0. The van der Waals surface area contributed by atoms with Gasteiger partial charge in [0.2, 0.25) is 0 Å². The molecule has 0 bridgehead atoms. The molecular weight excluding hydrogens is 283 g/mol. The van der Waals surface area contributed by atoms with Crippen molar-refractivity contribution in [3.05, 3.63) is 28.8 Å². The van der Waals surface area contributed by atoms with E-state index in [4.69, 9.17) is 22.1 Å². The van der Waals surface area contributed by atoms with E-state index < -0.39 is 0 Å². The summed E-state index contributed by atoms with van der Waals surface area (Å²) in [6.07, 6.45) is 1.20. The molecule has 0 aliphatic carbocycles. The third-order valence-corrected chi connectivity index (χ3v) is 3.73. The van der Waals surface area contributed by atoms with E-state index in [-0.39, 0.29) is 12.4 Å². The van der Waals surface area contributed by atoms with Gasteiger partial charge >= 0.3 is 0 Å². The maximum atomic E-state index is 6.19. The van der Waals surface area contributed by atoms with Crippen LogP contribution < -0.4 is 10.5 Å². The van der Waals surface area contributed by atoms with Gasteiger partial charge in [0.05, 0.1) is 11.6 Å². The Kier molecular flexibility index (Phi) is 6.94. The van der Waals surface area contributed by atoms with Crippen LogP contribution in [0.4, 0.5) is 0 Å². The molecule has 1 heterocycles. The first-order chi connectivity index (χ1) is 8.74. The number of hydrogen-bond donors (Lipinski definition) is 1. The highest BCUT2D eigenvalue weighted by Gasteiger charge is 2.22. The summed E-state index contributed by atoms with van der Waals surface area (Å²) in [5, 5.41) is 0.698. The van der Waals surface area contributed by atoms with Gasteiger partial charge in [-0.15, -0.1) is 12.4 Å². The number of halogens is 2. The Morgan fingerprint density at radius 2 is 2.26 bits per heavy atom. The van der Waals surface area contributed by atoms with Crippen molar-refractivity contribution >= 4 is 24.0 Å². The molecule has 1 atom stereocenters. The highest BCUT2D eigenvalue weighted by molar-refractivity contribution is 6.32. The first-order valence-corrected chi connectivity index (χ1v) is 6.95. The fourth-order valence-corrected chi connectivity index (χ4v) is 2.72. The van der Waals surface area contributed by atoms with Crippen molar-refractivity contribution < 1.29 is 4.74 Å². The van der Waals surface area contributed by atoms with Crippen LogP contribution in [-0.2, 0) is 6.54 Å². The Labute approximate surface area is 126 Å². The summed E-state index contributed by atoms with van der Waals surface area (Å²) in [4.78, 5) is 2.42. The van der Waals surface area contributed by atoms with Crippen molar-refractivity contribution in [3.8, 4) is 5.75 Å². The highest BCUT2D eigenvalue weighted by Crippen LogP contribution is 2.30. The van der Waals surface area contributed by atoms with Crippen molar-refractivity contribution in [1.29, 1.82) is 0 Å². The maximum absolute atomic E-state index is 6.19. The highest BCUT2D eigenvalue weighted by atomic mass is 35.5. The summed E-state index contributed by atoms with van der Waals surface area (Å²) < 4.78 is 5.65. The van der Waals surface area contributed by atoms with Gasteiger partial charge in [0.25, 0.3) is 0 Å². The van der Waals surface area contributed by atoms with Crippen LogP contribution >= 0.6 is 24.0 Å². The van der Waals surface area contributed by atoms with Crippen molar-refractivity contribution in [2.24, 2.45) is 11.7 Å². The molecule has 108 valence electrons. The molecule has 1 saturated heterocycles. The van der Waals surface area contributed by atoms with Crippen molar-refractivity contribution in [2.75, 3.05) is 26.2 Å². The topological polar surface area (TPSA) is 38.5 Å². The molecule has 1 aliphatic rings. The standard InChI is InChI=1S/C14H21ClN2O.ClH/c1-2-18-14-12(4-3-5-13(14)15)10-17-7-6-11(8-16)9-17;/h3-5,11H,2,6-10,16H2,1H3;1H. The minimum Gasteiger partial charge on any atom is -0.492 e. The average molecular weight is 305 g/mol. The van der Waals surface area contributed by atoms with Gasteiger partial charge in [0.1, 0.15) is 5.75 Å². The molecule has 2 rings (SSSR count). The van der Waals surface area contributed by atoms with Gasteiger partial charge in [0.15, 0.2) is 0 Å². The lowest BCUT2D eigenvalue weighted by atomic mass is 10.1. The molecule has 0 amide bonds. The second-order valence-electron chi connectivity index (χ2n) is 4.79. The predicted molar refractivity (Wildman–Crippen MR) is 82.3 cm³/mol. The first kappa shape index (κ1) is 16.6. The molecular formula is C14H22Cl2N2O. The summed E-state index contributed by atoms with van der Waals surface area (Å²) in [7, 11) is 0. The maximum Gasteiger partial charge on any atom is 0.142 e. The van der Waals surface area contributed by atoms with Crippen LogP contribution in [0.25, 0.3) is 0 Å². The summed E-state index contributed by atoms with van der Waals surface area (Å²) in [5.74, 6) is 1.47. The molecule has 0 spiro atoms. The number of ether oxygens (including phenoxy) is 1. The van der Waals surface area contributed by atoms with Crippen LogP contribution in [0.15, 0.2) is 18.2 Å². The molecule has 1 aromatic rings. The number of nitrogens with two attached hydrogens (primary N) is 1. The van der Waals surface area contributed by atoms with Gasteiger partial charge in [0, 0.05) is 18.7 Å². The average Bonchev–Trinajstić information content (AvgIpc) is 2.81. The number of para-hydroxylation sites is 1. The van der Waals surface area contributed by atoms with E-state index in [1.54, 1.807) is 0 Å². The van der Waals surface area contributed by atoms with Gasteiger partial charge in [-0.1, -0.05) is 23.7 Å². The zero-order valence-corrected chi connectivity index (χ0v) is 12.8. The third-order valence-electron chi connectivity index (χ3n) is 3.43. The van der Waals surface area contributed by atoms with Crippen LogP contribution in [0.1, 0.15) is 18.9 Å². The quantitative estimate of drug-likeness (QED) is 0.909. The van der Waals surface area contributed by atoms with Gasteiger partial charge in [-0.3, -0.25) is 4.90 Å². The van der Waals surface area contributed by atoms with Gasteiger partial charge in [-0.25, -0.2) is 0 Å². The molecule has 0 saturated carbocycles. The Hall–Kier alpha value is -0.480. The number of nitrogens with zero attached hydrogens (tertiary/aromatic N) is 1. The van der Waals surface area contributed by atoms with Crippen LogP contribution in [-0.4, -0.2) is 31.1 Å². The minimum atomic E-state index is 0. The van der Waals surface area contributed by atoms with Gasteiger partial charge < -0.3 is 10.5 Å². The largest absolute Gasteiger partial charge is 0.492 e. The van der Waals surface area contributed by atoms with E-state index in [9.17, 15) is 0 Å². The second kappa shape index (κ2) is 7.95. The van der Waals surface area contributed by atoms with Crippen molar-refractivity contribution in [1.82, 2.24) is 4.90 Å². The SMILES string of the molecule is CCOc1c(Cl)cccc1CN1CCC(CN)C1.Cl.